The van der Waals surface area contributed by atoms with Gasteiger partial charge in [0.05, 0.1) is 18.3 Å². The lowest BCUT2D eigenvalue weighted by Crippen LogP contribution is -2.22. The van der Waals surface area contributed by atoms with Crippen LogP contribution in [0.15, 0.2) is 30.5 Å². The van der Waals surface area contributed by atoms with Crippen molar-refractivity contribution in [2.45, 2.75) is 19.5 Å². The third-order valence-corrected chi connectivity index (χ3v) is 2.01. The molecule has 68 valence electrons. The molecular weight excluding hydrogens is 162 g/mol. The molecule has 1 atom stereocenters. The number of nitrogens with zero attached hydrogens (tertiary/aromatic N) is 2. The molecule has 1 aromatic carbocycles. The Morgan fingerprint density at radius 3 is 3.00 bits per heavy atom. The highest BCUT2D eigenvalue weighted by molar-refractivity contribution is 5.78. The van der Waals surface area contributed by atoms with Gasteiger partial charge in [-0.25, -0.2) is 0 Å². The van der Waals surface area contributed by atoms with Crippen molar-refractivity contribution in [3.05, 3.63) is 30.5 Å². The molecule has 0 bridgehead atoms. The summed E-state index contributed by atoms with van der Waals surface area (Å²) in [5, 5.41) is 5.44. The highest BCUT2D eigenvalue weighted by atomic mass is 15.3. The van der Waals surface area contributed by atoms with Crippen LogP contribution in [0.5, 0.6) is 0 Å². The first-order chi connectivity index (χ1) is 6.27. The van der Waals surface area contributed by atoms with E-state index in [1.54, 1.807) is 0 Å². The lowest BCUT2D eigenvalue weighted by atomic mass is 10.2. The number of para-hydroxylation sites is 1. The van der Waals surface area contributed by atoms with E-state index in [-0.39, 0.29) is 6.04 Å². The number of hydrogen-bond acceptors (Lipinski definition) is 2. The average molecular weight is 175 g/mol. The van der Waals surface area contributed by atoms with E-state index in [4.69, 9.17) is 5.73 Å². The SMILES string of the molecule is C[C@@H](N)Cn1ncc2ccccc21. The van der Waals surface area contributed by atoms with E-state index in [2.05, 4.69) is 17.2 Å². The molecule has 1 aromatic heterocycles. The minimum absolute atomic E-state index is 0.142. The lowest BCUT2D eigenvalue weighted by molar-refractivity contribution is 0.553. The molecule has 0 spiro atoms. The van der Waals surface area contributed by atoms with Gasteiger partial charge in [0.15, 0.2) is 0 Å². The van der Waals surface area contributed by atoms with Gasteiger partial charge in [0.2, 0.25) is 0 Å². The molecule has 0 fully saturated rings. The molecule has 0 unspecified atom stereocenters. The molecule has 0 aliphatic carbocycles. The van der Waals surface area contributed by atoms with Crippen molar-refractivity contribution < 1.29 is 0 Å². The van der Waals surface area contributed by atoms with Crippen LogP contribution in [-0.4, -0.2) is 15.8 Å². The fourth-order valence-corrected chi connectivity index (χ4v) is 1.44. The molecule has 0 aliphatic heterocycles. The molecule has 2 aromatic rings. The lowest BCUT2D eigenvalue weighted by Gasteiger charge is -2.05. The summed E-state index contributed by atoms with van der Waals surface area (Å²) in [7, 11) is 0. The van der Waals surface area contributed by atoms with E-state index in [1.807, 2.05) is 29.9 Å². The zero-order valence-electron chi connectivity index (χ0n) is 7.64. The Labute approximate surface area is 77.2 Å². The number of fused-ring (bicyclic) bond motifs is 1. The summed E-state index contributed by atoms with van der Waals surface area (Å²) >= 11 is 0. The van der Waals surface area contributed by atoms with Crippen LogP contribution in [0.2, 0.25) is 0 Å². The zero-order valence-corrected chi connectivity index (χ0v) is 7.64. The van der Waals surface area contributed by atoms with E-state index in [0.29, 0.717) is 0 Å². The van der Waals surface area contributed by atoms with Gasteiger partial charge in [-0.2, -0.15) is 5.10 Å². The molecule has 0 saturated carbocycles. The van der Waals surface area contributed by atoms with Gasteiger partial charge < -0.3 is 5.73 Å². The number of aromatic nitrogens is 2. The first-order valence-corrected chi connectivity index (χ1v) is 4.43. The minimum Gasteiger partial charge on any atom is -0.326 e. The Hall–Kier alpha value is -1.35. The predicted molar refractivity (Wildman–Crippen MR) is 53.4 cm³/mol. The van der Waals surface area contributed by atoms with Gasteiger partial charge in [-0.05, 0) is 13.0 Å². The first kappa shape index (κ1) is 8.26. The van der Waals surface area contributed by atoms with E-state index in [9.17, 15) is 0 Å². The maximum Gasteiger partial charge on any atom is 0.0683 e. The van der Waals surface area contributed by atoms with Gasteiger partial charge in [-0.15, -0.1) is 0 Å². The van der Waals surface area contributed by atoms with Crippen LogP contribution >= 0.6 is 0 Å². The number of nitrogens with two attached hydrogens (primary N) is 1. The Morgan fingerprint density at radius 2 is 2.23 bits per heavy atom. The summed E-state index contributed by atoms with van der Waals surface area (Å²) in [5.74, 6) is 0. The molecule has 0 aliphatic rings. The Bertz CT molecular complexity index is 403. The summed E-state index contributed by atoms with van der Waals surface area (Å²) in [5.41, 5.74) is 6.87. The Balaban J connectivity index is 2.46. The summed E-state index contributed by atoms with van der Waals surface area (Å²) in [6.45, 7) is 2.75. The van der Waals surface area contributed by atoms with Crippen molar-refractivity contribution in [3.8, 4) is 0 Å². The second-order valence-electron chi connectivity index (χ2n) is 3.36. The molecule has 13 heavy (non-hydrogen) atoms. The zero-order chi connectivity index (χ0) is 9.26. The van der Waals surface area contributed by atoms with Gasteiger partial charge >= 0.3 is 0 Å². The number of hydrogen-bond donors (Lipinski definition) is 1. The third kappa shape index (κ3) is 1.55. The van der Waals surface area contributed by atoms with E-state index >= 15 is 0 Å². The van der Waals surface area contributed by atoms with Crippen molar-refractivity contribution in [1.82, 2.24) is 9.78 Å². The molecule has 3 heteroatoms. The van der Waals surface area contributed by atoms with E-state index < -0.39 is 0 Å². The summed E-state index contributed by atoms with van der Waals surface area (Å²) in [6.07, 6.45) is 1.87. The second kappa shape index (κ2) is 3.18. The molecule has 0 saturated heterocycles. The smallest absolute Gasteiger partial charge is 0.0683 e. The molecular formula is C10H13N3. The molecule has 3 nitrogen and oxygen atoms in total. The molecule has 0 radical (unpaired) electrons. The second-order valence-corrected chi connectivity index (χ2v) is 3.36. The maximum atomic E-state index is 5.71. The molecule has 1 heterocycles. The highest BCUT2D eigenvalue weighted by Crippen LogP contribution is 2.12. The fourth-order valence-electron chi connectivity index (χ4n) is 1.44. The molecule has 2 N–H and O–H groups in total. The van der Waals surface area contributed by atoms with Gasteiger partial charge in [0.1, 0.15) is 0 Å². The van der Waals surface area contributed by atoms with Crippen molar-refractivity contribution in [2.75, 3.05) is 0 Å². The van der Waals surface area contributed by atoms with Gasteiger partial charge in [0.25, 0.3) is 0 Å². The van der Waals surface area contributed by atoms with Gasteiger partial charge in [-0.3, -0.25) is 4.68 Å². The van der Waals surface area contributed by atoms with Crippen LogP contribution in [-0.2, 0) is 6.54 Å². The normalized spacial score (nSPS) is 13.4. The Morgan fingerprint density at radius 1 is 1.46 bits per heavy atom. The maximum absolute atomic E-state index is 5.71. The summed E-state index contributed by atoms with van der Waals surface area (Å²) in [4.78, 5) is 0. The van der Waals surface area contributed by atoms with Crippen LogP contribution in [0.3, 0.4) is 0 Å². The Kier molecular flexibility index (Phi) is 2.02. The number of rotatable bonds is 2. The largest absolute Gasteiger partial charge is 0.326 e. The number of benzene rings is 1. The average Bonchev–Trinajstić information content (AvgIpc) is 2.48. The topological polar surface area (TPSA) is 43.8 Å². The van der Waals surface area contributed by atoms with Gasteiger partial charge in [0, 0.05) is 11.4 Å². The van der Waals surface area contributed by atoms with Crippen LogP contribution in [0.4, 0.5) is 0 Å². The monoisotopic (exact) mass is 175 g/mol. The summed E-state index contributed by atoms with van der Waals surface area (Å²) in [6, 6.07) is 8.29. The standard InChI is InChI=1S/C10H13N3/c1-8(11)7-13-10-5-3-2-4-9(10)6-12-13/h2-6,8H,7,11H2,1H3/t8-/m1/s1. The summed E-state index contributed by atoms with van der Waals surface area (Å²) < 4.78 is 1.94. The van der Waals surface area contributed by atoms with E-state index in [1.165, 1.54) is 5.39 Å². The quantitative estimate of drug-likeness (QED) is 0.749. The van der Waals surface area contributed by atoms with Crippen molar-refractivity contribution in [3.63, 3.8) is 0 Å². The van der Waals surface area contributed by atoms with Crippen molar-refractivity contribution in [1.29, 1.82) is 0 Å². The van der Waals surface area contributed by atoms with Crippen molar-refractivity contribution in [2.24, 2.45) is 5.73 Å². The first-order valence-electron chi connectivity index (χ1n) is 4.43. The predicted octanol–water partition coefficient (Wildman–Crippen LogP) is 1.38. The van der Waals surface area contributed by atoms with Crippen LogP contribution in [0.1, 0.15) is 6.92 Å². The third-order valence-electron chi connectivity index (χ3n) is 2.01. The van der Waals surface area contributed by atoms with Crippen LogP contribution in [0, 0.1) is 0 Å². The van der Waals surface area contributed by atoms with E-state index in [0.717, 1.165) is 12.1 Å². The molecule has 2 rings (SSSR count). The fraction of sp³-hybridized carbons (Fsp3) is 0.300. The molecule has 0 amide bonds. The highest BCUT2D eigenvalue weighted by Gasteiger charge is 2.02. The van der Waals surface area contributed by atoms with Crippen LogP contribution in [0.25, 0.3) is 10.9 Å². The van der Waals surface area contributed by atoms with Gasteiger partial charge in [-0.1, -0.05) is 18.2 Å². The van der Waals surface area contributed by atoms with Crippen molar-refractivity contribution >= 4 is 10.9 Å². The van der Waals surface area contributed by atoms with Crippen LogP contribution < -0.4 is 5.73 Å². The minimum atomic E-state index is 0.142.